The van der Waals surface area contributed by atoms with Gasteiger partial charge in [-0.3, -0.25) is 0 Å². The third-order valence-electron chi connectivity index (χ3n) is 7.25. The van der Waals surface area contributed by atoms with E-state index in [4.69, 9.17) is 4.74 Å². The summed E-state index contributed by atoms with van der Waals surface area (Å²) in [6.07, 6.45) is 5.21. The SMILES string of the molecule is CN1CCC(c2ccc(Nc3nc(N[C@@H]4CCCC[C@@H]4NC(=O)OC(C)(C)C)c(F)cc3C#N)cc2)CC1. The van der Waals surface area contributed by atoms with E-state index < -0.39 is 17.5 Å². The molecule has 2 fully saturated rings. The molecule has 1 amide bonds. The molecule has 3 N–H and O–H groups in total. The number of nitrogens with zero attached hydrogens (tertiary/aromatic N) is 3. The van der Waals surface area contributed by atoms with Crippen LogP contribution in [0.1, 0.15) is 76.3 Å². The topological polar surface area (TPSA) is 102 Å². The van der Waals surface area contributed by atoms with Crippen LogP contribution in [0.15, 0.2) is 30.3 Å². The number of hydrogen-bond acceptors (Lipinski definition) is 7. The molecule has 2 heterocycles. The van der Waals surface area contributed by atoms with Crippen molar-refractivity contribution in [1.29, 1.82) is 5.26 Å². The lowest BCUT2D eigenvalue weighted by molar-refractivity contribution is 0.0488. The summed E-state index contributed by atoms with van der Waals surface area (Å²) in [5.41, 5.74) is 1.61. The zero-order valence-corrected chi connectivity index (χ0v) is 22.8. The maximum atomic E-state index is 15.0. The number of benzene rings is 1. The Morgan fingerprint density at radius 1 is 1.08 bits per heavy atom. The summed E-state index contributed by atoms with van der Waals surface area (Å²) in [4.78, 5) is 19.2. The van der Waals surface area contributed by atoms with E-state index in [1.54, 1.807) is 0 Å². The molecule has 0 unspecified atom stereocenters. The van der Waals surface area contributed by atoms with Gasteiger partial charge in [0.2, 0.25) is 0 Å². The molecule has 2 atom stereocenters. The zero-order chi connectivity index (χ0) is 27.3. The van der Waals surface area contributed by atoms with Crippen LogP contribution in [0.25, 0.3) is 0 Å². The normalized spacial score (nSPS) is 20.8. The summed E-state index contributed by atoms with van der Waals surface area (Å²) in [6, 6.07) is 11.0. The average Bonchev–Trinajstić information content (AvgIpc) is 2.87. The lowest BCUT2D eigenvalue weighted by atomic mass is 9.89. The number of nitriles is 1. The van der Waals surface area contributed by atoms with Crippen LogP contribution in [0.2, 0.25) is 0 Å². The molecule has 204 valence electrons. The molecule has 8 nitrogen and oxygen atoms in total. The van der Waals surface area contributed by atoms with E-state index in [1.165, 1.54) is 11.6 Å². The summed E-state index contributed by atoms with van der Waals surface area (Å²) in [5, 5.41) is 18.9. The highest BCUT2D eigenvalue weighted by Crippen LogP contribution is 2.30. The van der Waals surface area contributed by atoms with Crippen LogP contribution in [0, 0.1) is 17.1 Å². The predicted molar refractivity (Wildman–Crippen MR) is 147 cm³/mol. The lowest BCUT2D eigenvalue weighted by Gasteiger charge is -2.33. The van der Waals surface area contributed by atoms with Crippen molar-refractivity contribution in [1.82, 2.24) is 15.2 Å². The zero-order valence-electron chi connectivity index (χ0n) is 22.8. The van der Waals surface area contributed by atoms with Gasteiger partial charge >= 0.3 is 6.09 Å². The summed E-state index contributed by atoms with van der Waals surface area (Å²) < 4.78 is 20.4. The highest BCUT2D eigenvalue weighted by Gasteiger charge is 2.29. The van der Waals surface area contributed by atoms with Crippen LogP contribution < -0.4 is 16.0 Å². The van der Waals surface area contributed by atoms with Gasteiger partial charge in [0.15, 0.2) is 17.5 Å². The number of carbonyl (C=O) groups excluding carboxylic acids is 1. The Kier molecular flexibility index (Phi) is 8.72. The number of carbonyl (C=O) groups is 1. The fraction of sp³-hybridized carbons (Fsp3) is 0.552. The number of hydrogen-bond donors (Lipinski definition) is 3. The van der Waals surface area contributed by atoms with Gasteiger partial charge in [0, 0.05) is 11.7 Å². The van der Waals surface area contributed by atoms with Crippen LogP contribution >= 0.6 is 0 Å². The van der Waals surface area contributed by atoms with Gasteiger partial charge in [0.25, 0.3) is 0 Å². The van der Waals surface area contributed by atoms with Crippen molar-refractivity contribution in [2.24, 2.45) is 0 Å². The van der Waals surface area contributed by atoms with Crippen molar-refractivity contribution in [2.75, 3.05) is 30.8 Å². The van der Waals surface area contributed by atoms with Gasteiger partial charge in [0.05, 0.1) is 11.6 Å². The van der Waals surface area contributed by atoms with E-state index in [2.05, 4.69) is 45.0 Å². The van der Waals surface area contributed by atoms with E-state index in [9.17, 15) is 14.4 Å². The highest BCUT2D eigenvalue weighted by atomic mass is 19.1. The van der Waals surface area contributed by atoms with Crippen LogP contribution in [-0.4, -0.2) is 53.8 Å². The van der Waals surface area contributed by atoms with Crippen molar-refractivity contribution in [2.45, 2.75) is 82.9 Å². The molecule has 1 aliphatic heterocycles. The fourth-order valence-electron chi connectivity index (χ4n) is 5.20. The Hall–Kier alpha value is -3.38. The lowest BCUT2D eigenvalue weighted by Crippen LogP contribution is -2.50. The summed E-state index contributed by atoms with van der Waals surface area (Å²) >= 11 is 0. The minimum atomic E-state index is -0.605. The number of aromatic nitrogens is 1. The number of alkyl carbamates (subject to hydrolysis) is 1. The molecule has 0 bridgehead atoms. The second-order valence-corrected chi connectivity index (χ2v) is 11.4. The molecular formula is C29H39FN6O2. The maximum Gasteiger partial charge on any atom is 0.407 e. The molecule has 1 aromatic heterocycles. The molecule has 2 aromatic rings. The molecule has 9 heteroatoms. The first-order chi connectivity index (χ1) is 18.1. The maximum absolute atomic E-state index is 15.0. The number of ether oxygens (including phenoxy) is 1. The van der Waals surface area contributed by atoms with Gasteiger partial charge in [-0.15, -0.1) is 0 Å². The summed E-state index contributed by atoms with van der Waals surface area (Å²) in [5.74, 6) is 0.284. The smallest absolute Gasteiger partial charge is 0.407 e. The molecule has 2 aliphatic rings. The number of likely N-dealkylation sites (tertiary alicyclic amines) is 1. The average molecular weight is 523 g/mol. The fourth-order valence-corrected chi connectivity index (χ4v) is 5.20. The van der Waals surface area contributed by atoms with Gasteiger partial charge in [-0.25, -0.2) is 14.2 Å². The molecule has 1 saturated heterocycles. The number of anilines is 3. The second kappa shape index (κ2) is 12.0. The summed E-state index contributed by atoms with van der Waals surface area (Å²) in [7, 11) is 2.15. The Labute approximate surface area is 225 Å². The molecule has 1 saturated carbocycles. The number of nitrogens with one attached hydrogen (secondary N) is 3. The first-order valence-electron chi connectivity index (χ1n) is 13.5. The Bertz CT molecular complexity index is 1150. The third kappa shape index (κ3) is 7.35. The Morgan fingerprint density at radius 2 is 1.74 bits per heavy atom. The molecule has 38 heavy (non-hydrogen) atoms. The van der Waals surface area contributed by atoms with E-state index in [0.29, 0.717) is 5.92 Å². The third-order valence-corrected chi connectivity index (χ3v) is 7.25. The molecule has 4 rings (SSSR count). The number of pyridine rings is 1. The minimum absolute atomic E-state index is 0.0531. The largest absolute Gasteiger partial charge is 0.444 e. The first kappa shape index (κ1) is 27.6. The molecule has 0 spiro atoms. The molecule has 0 radical (unpaired) electrons. The van der Waals surface area contributed by atoms with E-state index in [-0.39, 0.29) is 29.3 Å². The second-order valence-electron chi connectivity index (χ2n) is 11.4. The monoisotopic (exact) mass is 522 g/mol. The van der Waals surface area contributed by atoms with E-state index in [0.717, 1.165) is 57.3 Å². The van der Waals surface area contributed by atoms with Gasteiger partial charge in [-0.1, -0.05) is 25.0 Å². The highest BCUT2D eigenvalue weighted by molar-refractivity contribution is 5.68. The summed E-state index contributed by atoms with van der Waals surface area (Å²) in [6.45, 7) is 7.64. The quantitative estimate of drug-likeness (QED) is 0.435. The van der Waals surface area contributed by atoms with Gasteiger partial charge in [-0.2, -0.15) is 5.26 Å². The number of rotatable bonds is 6. The first-order valence-corrected chi connectivity index (χ1v) is 13.5. The number of halogens is 1. The van der Waals surface area contributed by atoms with Crippen molar-refractivity contribution in [3.63, 3.8) is 0 Å². The van der Waals surface area contributed by atoms with Crippen molar-refractivity contribution < 1.29 is 13.9 Å². The number of amides is 1. The van der Waals surface area contributed by atoms with Gasteiger partial charge < -0.3 is 25.6 Å². The predicted octanol–water partition coefficient (Wildman–Crippen LogP) is 5.89. The van der Waals surface area contributed by atoms with Crippen molar-refractivity contribution >= 4 is 23.4 Å². The van der Waals surface area contributed by atoms with Crippen LogP contribution in [0.3, 0.4) is 0 Å². The van der Waals surface area contributed by atoms with E-state index in [1.807, 2.05) is 39.0 Å². The van der Waals surface area contributed by atoms with Gasteiger partial charge in [-0.05, 0) is 96.3 Å². The van der Waals surface area contributed by atoms with Crippen LogP contribution in [-0.2, 0) is 4.74 Å². The van der Waals surface area contributed by atoms with Crippen molar-refractivity contribution in [3.8, 4) is 6.07 Å². The van der Waals surface area contributed by atoms with E-state index >= 15 is 0 Å². The Morgan fingerprint density at radius 3 is 2.37 bits per heavy atom. The molecule has 1 aromatic carbocycles. The molecular weight excluding hydrogens is 483 g/mol. The standard InChI is InChI=1S/C29H39FN6O2/c1-29(2,3)38-28(37)34-25-8-6-5-7-24(25)33-27-23(30)17-21(18-31)26(35-27)32-22-11-9-19(10-12-22)20-13-15-36(4)16-14-20/h9-12,17,20,24-25H,5-8,13-16H2,1-4H3,(H,34,37)(H2,32,33,35)/t24-,25+/m1/s1. The van der Waals surface area contributed by atoms with Crippen LogP contribution in [0.5, 0.6) is 0 Å². The van der Waals surface area contributed by atoms with Crippen molar-refractivity contribution in [3.05, 3.63) is 47.3 Å². The van der Waals surface area contributed by atoms with Gasteiger partial charge in [0.1, 0.15) is 11.7 Å². The Balaban J connectivity index is 1.47. The van der Waals surface area contributed by atoms with Crippen LogP contribution in [0.4, 0.5) is 26.5 Å². The minimum Gasteiger partial charge on any atom is -0.444 e. The molecule has 1 aliphatic carbocycles. The number of piperidine rings is 1.